The summed E-state index contributed by atoms with van der Waals surface area (Å²) in [6.07, 6.45) is 3.79. The number of benzene rings is 1. The van der Waals surface area contributed by atoms with Crippen molar-refractivity contribution in [3.05, 3.63) is 58.2 Å². The number of carbonyl (C=O) groups excluding carboxylic acids is 1. The molecule has 0 saturated carbocycles. The fourth-order valence-corrected chi connectivity index (χ4v) is 3.53. The molecule has 1 amide bonds. The highest BCUT2D eigenvalue weighted by molar-refractivity contribution is 8.27. The summed E-state index contributed by atoms with van der Waals surface area (Å²) in [5.41, 5.74) is 1.65. The predicted molar refractivity (Wildman–Crippen MR) is 92.5 cm³/mol. The topological polar surface area (TPSA) is 25.2 Å². The van der Waals surface area contributed by atoms with Crippen LogP contribution in [-0.2, 0) is 11.8 Å². The number of anilines is 1. The van der Waals surface area contributed by atoms with E-state index in [-0.39, 0.29) is 5.91 Å². The minimum Gasteiger partial charge on any atom is -0.351 e. The van der Waals surface area contributed by atoms with Crippen molar-refractivity contribution in [3.8, 4) is 0 Å². The summed E-state index contributed by atoms with van der Waals surface area (Å²) in [5, 5.41) is 0.577. The Hall–Kier alpha value is -1.56. The molecule has 2 heterocycles. The maximum atomic E-state index is 12.6. The molecular weight excluding hydrogens is 324 g/mol. The second-order valence-electron chi connectivity index (χ2n) is 4.54. The van der Waals surface area contributed by atoms with E-state index in [1.165, 1.54) is 16.7 Å². The van der Waals surface area contributed by atoms with Crippen LogP contribution in [0.15, 0.2) is 47.5 Å². The number of amides is 1. The normalized spacial score (nSPS) is 17.0. The SMILES string of the molecule is Cn1cccc1C=C1SC(=S)N(c2cccc(Cl)c2)C1=O. The van der Waals surface area contributed by atoms with Gasteiger partial charge in [0, 0.05) is 24.0 Å². The number of hydrogen-bond acceptors (Lipinski definition) is 3. The van der Waals surface area contributed by atoms with Gasteiger partial charge >= 0.3 is 0 Å². The zero-order chi connectivity index (χ0) is 15.0. The molecule has 1 aromatic heterocycles. The molecule has 6 heteroatoms. The highest BCUT2D eigenvalue weighted by Crippen LogP contribution is 2.36. The molecule has 0 N–H and O–H groups in total. The number of aromatic nitrogens is 1. The maximum absolute atomic E-state index is 12.6. The molecule has 0 aliphatic carbocycles. The van der Waals surface area contributed by atoms with Gasteiger partial charge in [-0.3, -0.25) is 9.69 Å². The third-order valence-electron chi connectivity index (χ3n) is 3.12. The van der Waals surface area contributed by atoms with Crippen LogP contribution >= 0.6 is 35.6 Å². The third-order valence-corrected chi connectivity index (χ3v) is 4.66. The Bertz CT molecular complexity index is 767. The summed E-state index contributed by atoms with van der Waals surface area (Å²) in [5.74, 6) is -0.117. The van der Waals surface area contributed by atoms with Gasteiger partial charge < -0.3 is 4.57 Å². The van der Waals surface area contributed by atoms with Gasteiger partial charge in [-0.2, -0.15) is 0 Å². The lowest BCUT2D eigenvalue weighted by Gasteiger charge is -2.14. The van der Waals surface area contributed by atoms with Crippen molar-refractivity contribution in [2.24, 2.45) is 7.05 Å². The summed E-state index contributed by atoms with van der Waals surface area (Å²) in [6.45, 7) is 0. The van der Waals surface area contributed by atoms with E-state index in [0.717, 1.165) is 5.69 Å². The molecule has 1 fully saturated rings. The van der Waals surface area contributed by atoms with Gasteiger partial charge in [0.1, 0.15) is 0 Å². The molecule has 3 nitrogen and oxygen atoms in total. The second kappa shape index (κ2) is 5.67. The van der Waals surface area contributed by atoms with E-state index in [9.17, 15) is 4.79 Å². The van der Waals surface area contributed by atoms with Gasteiger partial charge in [-0.05, 0) is 36.4 Å². The molecule has 1 aliphatic rings. The molecule has 0 unspecified atom stereocenters. The molecule has 1 aliphatic heterocycles. The van der Waals surface area contributed by atoms with Gasteiger partial charge in [0.05, 0.1) is 10.6 Å². The minimum absolute atomic E-state index is 0.117. The molecule has 1 saturated heterocycles. The first-order valence-electron chi connectivity index (χ1n) is 6.21. The van der Waals surface area contributed by atoms with Crippen molar-refractivity contribution in [3.63, 3.8) is 0 Å². The number of nitrogens with zero attached hydrogens (tertiary/aromatic N) is 2. The van der Waals surface area contributed by atoms with E-state index < -0.39 is 0 Å². The van der Waals surface area contributed by atoms with E-state index in [2.05, 4.69) is 0 Å². The smallest absolute Gasteiger partial charge is 0.270 e. The summed E-state index contributed by atoms with van der Waals surface area (Å²) >= 11 is 12.6. The van der Waals surface area contributed by atoms with Crippen LogP contribution in [0.2, 0.25) is 5.02 Å². The Morgan fingerprint density at radius 3 is 2.76 bits per heavy atom. The van der Waals surface area contributed by atoms with Crippen LogP contribution in [0.5, 0.6) is 0 Å². The molecule has 1 aromatic carbocycles. The van der Waals surface area contributed by atoms with Gasteiger partial charge in [-0.15, -0.1) is 0 Å². The molecule has 106 valence electrons. The third kappa shape index (κ3) is 2.77. The number of hydrogen-bond donors (Lipinski definition) is 0. The number of thiocarbonyl (C=S) groups is 1. The van der Waals surface area contributed by atoms with Crippen molar-refractivity contribution in [1.82, 2.24) is 4.57 Å². The molecule has 3 rings (SSSR count). The highest BCUT2D eigenvalue weighted by Gasteiger charge is 2.33. The van der Waals surface area contributed by atoms with E-state index in [1.807, 2.05) is 42.1 Å². The van der Waals surface area contributed by atoms with Crippen LogP contribution in [-0.4, -0.2) is 14.8 Å². The first-order chi connectivity index (χ1) is 10.1. The Morgan fingerprint density at radius 2 is 2.10 bits per heavy atom. The summed E-state index contributed by atoms with van der Waals surface area (Å²) in [7, 11) is 1.93. The van der Waals surface area contributed by atoms with E-state index >= 15 is 0 Å². The zero-order valence-electron chi connectivity index (χ0n) is 11.1. The van der Waals surface area contributed by atoms with Crippen LogP contribution in [0.25, 0.3) is 6.08 Å². The predicted octanol–water partition coefficient (Wildman–Crippen LogP) is 4.08. The van der Waals surface area contributed by atoms with Gasteiger partial charge in [-0.25, -0.2) is 0 Å². The molecule has 0 radical (unpaired) electrons. The largest absolute Gasteiger partial charge is 0.351 e. The summed E-state index contributed by atoms with van der Waals surface area (Å²) in [4.78, 5) is 14.7. The molecule has 0 bridgehead atoms. The van der Waals surface area contributed by atoms with Crippen molar-refractivity contribution in [1.29, 1.82) is 0 Å². The lowest BCUT2D eigenvalue weighted by molar-refractivity contribution is -0.113. The molecule has 2 aromatic rings. The average Bonchev–Trinajstić information content (AvgIpc) is 2.95. The zero-order valence-corrected chi connectivity index (χ0v) is 13.5. The fourth-order valence-electron chi connectivity index (χ4n) is 2.06. The van der Waals surface area contributed by atoms with Crippen LogP contribution in [0.4, 0.5) is 5.69 Å². The lowest BCUT2D eigenvalue weighted by atomic mass is 10.3. The van der Waals surface area contributed by atoms with Gasteiger partial charge in [-0.1, -0.05) is 41.6 Å². The Labute approximate surface area is 137 Å². The van der Waals surface area contributed by atoms with E-state index in [0.29, 0.717) is 19.9 Å². The van der Waals surface area contributed by atoms with Gasteiger partial charge in [0.25, 0.3) is 5.91 Å². The number of aryl methyl sites for hydroxylation is 1. The van der Waals surface area contributed by atoms with Crippen LogP contribution < -0.4 is 4.90 Å². The first-order valence-corrected chi connectivity index (χ1v) is 7.81. The quantitative estimate of drug-likeness (QED) is 0.611. The Balaban J connectivity index is 1.96. The maximum Gasteiger partial charge on any atom is 0.270 e. The van der Waals surface area contributed by atoms with Gasteiger partial charge in [0.15, 0.2) is 4.32 Å². The number of thioether (sulfide) groups is 1. The van der Waals surface area contributed by atoms with Crippen LogP contribution in [0, 0.1) is 0 Å². The summed E-state index contributed by atoms with van der Waals surface area (Å²) < 4.78 is 2.47. The number of carbonyl (C=O) groups is 1. The molecular formula is C15H11ClN2OS2. The van der Waals surface area contributed by atoms with Gasteiger partial charge in [0.2, 0.25) is 0 Å². The van der Waals surface area contributed by atoms with E-state index in [1.54, 1.807) is 18.2 Å². The Kier molecular flexibility index (Phi) is 3.89. The number of rotatable bonds is 2. The average molecular weight is 335 g/mol. The van der Waals surface area contributed by atoms with Crippen molar-refractivity contribution >= 4 is 57.6 Å². The lowest BCUT2D eigenvalue weighted by Crippen LogP contribution is -2.27. The van der Waals surface area contributed by atoms with Crippen LogP contribution in [0.1, 0.15) is 5.69 Å². The highest BCUT2D eigenvalue weighted by atomic mass is 35.5. The van der Waals surface area contributed by atoms with E-state index in [4.69, 9.17) is 23.8 Å². The molecule has 0 spiro atoms. The molecule has 0 atom stereocenters. The minimum atomic E-state index is -0.117. The standard InChI is InChI=1S/C15H11ClN2OS2/c1-17-7-3-6-11(17)9-13-14(19)18(15(20)21-13)12-5-2-4-10(16)8-12/h2-9H,1H3. The first kappa shape index (κ1) is 14.4. The molecule has 21 heavy (non-hydrogen) atoms. The Morgan fingerprint density at radius 1 is 1.29 bits per heavy atom. The summed E-state index contributed by atoms with van der Waals surface area (Å²) in [6, 6.07) is 11.0. The fraction of sp³-hybridized carbons (Fsp3) is 0.0667. The van der Waals surface area contributed by atoms with Crippen molar-refractivity contribution in [2.45, 2.75) is 0 Å². The second-order valence-corrected chi connectivity index (χ2v) is 6.65. The van der Waals surface area contributed by atoms with Crippen molar-refractivity contribution < 1.29 is 4.79 Å². The monoisotopic (exact) mass is 334 g/mol. The van der Waals surface area contributed by atoms with Crippen LogP contribution in [0.3, 0.4) is 0 Å². The van der Waals surface area contributed by atoms with Crippen molar-refractivity contribution in [2.75, 3.05) is 4.90 Å². The number of halogens is 1.